The first kappa shape index (κ1) is 16.3. The lowest BCUT2D eigenvalue weighted by atomic mass is 9.63. The van der Waals surface area contributed by atoms with Gasteiger partial charge in [-0.05, 0) is 58.3 Å². The first-order valence-corrected chi connectivity index (χ1v) is 8.97. The van der Waals surface area contributed by atoms with Crippen LogP contribution in [0.4, 0.5) is 0 Å². The number of methoxy groups -OCH3 is 1. The van der Waals surface area contributed by atoms with E-state index in [4.69, 9.17) is 4.74 Å². The maximum absolute atomic E-state index is 12.7. The number of ether oxygens (including phenoxy) is 1. The highest BCUT2D eigenvalue weighted by Gasteiger charge is 2.56. The zero-order valence-electron chi connectivity index (χ0n) is 13.6. The third kappa shape index (κ3) is 2.49. The lowest BCUT2D eigenvalue weighted by Gasteiger charge is -2.37. The fraction of sp³-hybridized carbons (Fsp3) is 0.389. The molecule has 3 aliphatic carbocycles. The molecule has 1 heterocycles. The number of phenols is 1. The van der Waals surface area contributed by atoms with Crippen LogP contribution in [-0.4, -0.2) is 35.3 Å². The molecule has 0 aromatic heterocycles. The summed E-state index contributed by atoms with van der Waals surface area (Å²) in [4.78, 5) is 25.4. The van der Waals surface area contributed by atoms with Crippen LogP contribution in [0, 0.1) is 23.7 Å². The molecule has 1 aromatic carbocycles. The van der Waals surface area contributed by atoms with E-state index >= 15 is 0 Å². The molecule has 1 saturated heterocycles. The van der Waals surface area contributed by atoms with Gasteiger partial charge in [0.2, 0.25) is 0 Å². The number of nitrogens with zero attached hydrogens (tertiary/aromatic N) is 2. The molecule has 1 aliphatic heterocycles. The Bertz CT molecular complexity index is 788. The lowest BCUT2D eigenvalue weighted by Crippen LogP contribution is -2.38. The number of aromatic hydroxyl groups is 1. The van der Waals surface area contributed by atoms with Gasteiger partial charge in [-0.2, -0.15) is 10.1 Å². The number of phenolic OH excluding ortho intramolecular Hbond substituents is 1. The number of fused-ring (bicyclic) bond motifs is 1. The predicted molar refractivity (Wildman–Crippen MR) is 94.1 cm³/mol. The highest BCUT2D eigenvalue weighted by atomic mass is 79.9. The number of benzene rings is 1. The van der Waals surface area contributed by atoms with Crippen LogP contribution < -0.4 is 4.74 Å². The summed E-state index contributed by atoms with van der Waals surface area (Å²) in [6, 6.07) is 3.23. The van der Waals surface area contributed by atoms with Gasteiger partial charge in [0, 0.05) is 0 Å². The van der Waals surface area contributed by atoms with Crippen LogP contribution in [-0.2, 0) is 9.59 Å². The number of imide groups is 1. The van der Waals surface area contributed by atoms with Gasteiger partial charge in [-0.25, -0.2) is 0 Å². The Morgan fingerprint density at radius 2 is 1.80 bits per heavy atom. The zero-order chi connectivity index (χ0) is 17.7. The SMILES string of the molecule is COc1cc(/C=N/N2C(=O)[C@@H]3[C@H](C2=O)[C@@H]2C=C[C@@H]3CC2)cc(Br)c1O. The molecule has 0 unspecified atom stereocenters. The molecule has 6 nitrogen and oxygen atoms in total. The predicted octanol–water partition coefficient (Wildman–Crippen LogP) is 2.69. The quantitative estimate of drug-likeness (QED) is 0.477. The zero-order valence-corrected chi connectivity index (χ0v) is 15.1. The van der Waals surface area contributed by atoms with Crippen molar-refractivity contribution in [3.05, 3.63) is 34.3 Å². The molecule has 4 aliphatic rings. The Labute approximate surface area is 153 Å². The number of carbonyl (C=O) groups excluding carboxylic acids is 2. The summed E-state index contributed by atoms with van der Waals surface area (Å²) >= 11 is 3.24. The summed E-state index contributed by atoms with van der Waals surface area (Å²) in [6.07, 6.45) is 7.52. The van der Waals surface area contributed by atoms with Crippen molar-refractivity contribution in [2.24, 2.45) is 28.8 Å². The van der Waals surface area contributed by atoms with Crippen LogP contribution >= 0.6 is 15.9 Å². The van der Waals surface area contributed by atoms with E-state index in [2.05, 4.69) is 33.2 Å². The molecule has 2 fully saturated rings. The van der Waals surface area contributed by atoms with Gasteiger partial charge >= 0.3 is 0 Å². The van der Waals surface area contributed by atoms with E-state index in [9.17, 15) is 14.7 Å². The van der Waals surface area contributed by atoms with Crippen LogP contribution in [0.2, 0.25) is 0 Å². The minimum atomic E-state index is -0.269. The number of hydrazone groups is 1. The van der Waals surface area contributed by atoms with Crippen molar-refractivity contribution in [2.45, 2.75) is 12.8 Å². The normalized spacial score (nSPS) is 30.4. The van der Waals surface area contributed by atoms with Crippen molar-refractivity contribution in [3.8, 4) is 11.5 Å². The average Bonchev–Trinajstić information content (AvgIpc) is 2.90. The monoisotopic (exact) mass is 404 g/mol. The molecule has 1 aromatic rings. The molecular weight excluding hydrogens is 388 g/mol. The van der Waals surface area contributed by atoms with E-state index in [0.717, 1.165) is 17.9 Å². The molecule has 7 heteroatoms. The van der Waals surface area contributed by atoms with Gasteiger partial charge in [-0.15, -0.1) is 0 Å². The van der Waals surface area contributed by atoms with E-state index < -0.39 is 0 Å². The van der Waals surface area contributed by atoms with Crippen LogP contribution in [0.5, 0.6) is 11.5 Å². The highest BCUT2D eigenvalue weighted by Crippen LogP contribution is 2.49. The van der Waals surface area contributed by atoms with Gasteiger partial charge in [0.1, 0.15) is 0 Å². The summed E-state index contributed by atoms with van der Waals surface area (Å²) in [5, 5.41) is 15.0. The van der Waals surface area contributed by atoms with Gasteiger partial charge < -0.3 is 9.84 Å². The maximum atomic E-state index is 12.7. The van der Waals surface area contributed by atoms with Gasteiger partial charge in [0.15, 0.2) is 11.5 Å². The maximum Gasteiger partial charge on any atom is 0.254 e. The molecule has 25 heavy (non-hydrogen) atoms. The minimum absolute atomic E-state index is 0.0124. The second-order valence-electron chi connectivity index (χ2n) is 6.63. The highest BCUT2D eigenvalue weighted by molar-refractivity contribution is 9.10. The van der Waals surface area contributed by atoms with Gasteiger partial charge in [0.05, 0.1) is 29.6 Å². The van der Waals surface area contributed by atoms with Crippen molar-refractivity contribution >= 4 is 34.0 Å². The number of allylic oxidation sites excluding steroid dienone is 2. The third-order valence-corrected chi connectivity index (χ3v) is 5.93. The molecule has 1 saturated carbocycles. The van der Waals surface area contributed by atoms with Gasteiger partial charge in [0.25, 0.3) is 11.8 Å². The van der Waals surface area contributed by atoms with E-state index in [1.165, 1.54) is 13.3 Å². The Kier molecular flexibility index (Phi) is 3.91. The molecule has 130 valence electrons. The Balaban J connectivity index is 1.62. The minimum Gasteiger partial charge on any atom is -0.503 e. The van der Waals surface area contributed by atoms with Crippen molar-refractivity contribution in [1.82, 2.24) is 5.01 Å². The summed E-state index contributed by atoms with van der Waals surface area (Å²) in [6.45, 7) is 0. The molecular formula is C18H17BrN2O4. The number of amides is 2. The van der Waals surface area contributed by atoms with Gasteiger partial charge in [-0.1, -0.05) is 12.2 Å². The fourth-order valence-electron chi connectivity index (χ4n) is 4.12. The Morgan fingerprint density at radius 1 is 1.20 bits per heavy atom. The van der Waals surface area contributed by atoms with E-state index in [1.807, 2.05) is 0 Å². The smallest absolute Gasteiger partial charge is 0.254 e. The lowest BCUT2D eigenvalue weighted by molar-refractivity contribution is -0.140. The van der Waals surface area contributed by atoms with E-state index in [-0.39, 0.29) is 47.0 Å². The van der Waals surface area contributed by atoms with Crippen molar-refractivity contribution in [2.75, 3.05) is 7.11 Å². The summed E-state index contributed by atoms with van der Waals surface area (Å²) < 4.78 is 5.54. The molecule has 1 N–H and O–H groups in total. The number of hydrogen-bond acceptors (Lipinski definition) is 5. The number of carbonyl (C=O) groups is 2. The van der Waals surface area contributed by atoms with Crippen molar-refractivity contribution < 1.29 is 19.4 Å². The molecule has 5 rings (SSSR count). The van der Waals surface area contributed by atoms with Crippen molar-refractivity contribution in [1.29, 1.82) is 0 Å². The second kappa shape index (κ2) is 5.98. The Morgan fingerprint density at radius 3 is 2.32 bits per heavy atom. The average molecular weight is 405 g/mol. The summed E-state index contributed by atoms with van der Waals surface area (Å²) in [5.41, 5.74) is 0.609. The summed E-state index contributed by atoms with van der Waals surface area (Å²) in [7, 11) is 1.45. The summed E-state index contributed by atoms with van der Waals surface area (Å²) in [5.74, 6) is -0.397. The third-order valence-electron chi connectivity index (χ3n) is 5.33. The van der Waals surface area contributed by atoms with Crippen LogP contribution in [0.25, 0.3) is 0 Å². The molecule has 2 amide bonds. The van der Waals surface area contributed by atoms with E-state index in [1.54, 1.807) is 12.1 Å². The van der Waals surface area contributed by atoms with Crippen molar-refractivity contribution in [3.63, 3.8) is 0 Å². The Hall–Kier alpha value is -2.15. The molecule has 0 spiro atoms. The first-order chi connectivity index (χ1) is 12.0. The first-order valence-electron chi connectivity index (χ1n) is 8.18. The van der Waals surface area contributed by atoms with Crippen LogP contribution in [0.1, 0.15) is 18.4 Å². The standard InChI is InChI=1S/C18H17BrN2O4/c1-25-13-7-9(6-12(19)16(13)22)8-20-21-17(23)14-10-2-3-11(5-4-10)15(14)18(21)24/h2-3,6-8,10-11,14-15,22H,4-5H2,1H3/b20-8+/t10-,11-,14-,15+/m1/s1. The topological polar surface area (TPSA) is 79.2 Å². The van der Waals surface area contributed by atoms with E-state index in [0.29, 0.717) is 10.0 Å². The largest absolute Gasteiger partial charge is 0.503 e. The number of halogens is 1. The number of hydrogen-bond donors (Lipinski definition) is 1. The second-order valence-corrected chi connectivity index (χ2v) is 7.48. The molecule has 2 bridgehead atoms. The van der Waals surface area contributed by atoms with Crippen LogP contribution in [0.3, 0.4) is 0 Å². The van der Waals surface area contributed by atoms with Crippen LogP contribution in [0.15, 0.2) is 33.9 Å². The molecule has 4 atom stereocenters. The molecule has 0 radical (unpaired) electrons. The van der Waals surface area contributed by atoms with Gasteiger partial charge in [-0.3, -0.25) is 9.59 Å². The number of rotatable bonds is 3. The fourth-order valence-corrected chi connectivity index (χ4v) is 4.58.